The predicted octanol–water partition coefficient (Wildman–Crippen LogP) is -0.734. The second kappa shape index (κ2) is 8.72. The molecule has 11 heteroatoms. The summed E-state index contributed by atoms with van der Waals surface area (Å²) in [5.41, 5.74) is 2.52. The van der Waals surface area contributed by atoms with Crippen molar-refractivity contribution in [3.05, 3.63) is 0 Å². The molecule has 2 unspecified atom stereocenters. The van der Waals surface area contributed by atoms with Crippen molar-refractivity contribution in [3.63, 3.8) is 0 Å². The van der Waals surface area contributed by atoms with Crippen molar-refractivity contribution in [3.8, 4) is 0 Å². The van der Waals surface area contributed by atoms with E-state index in [1.165, 1.54) is 9.96 Å². The van der Waals surface area contributed by atoms with Gasteiger partial charge in [-0.05, 0) is 32.1 Å². The number of aliphatic hydroxyl groups is 1. The number of carbonyl (C=O) groups is 2. The number of carbonyl (C=O) groups excluding carboxylic acids is 2. The number of aliphatic hydroxyl groups excluding tert-OH is 1. The van der Waals surface area contributed by atoms with Crippen LogP contribution in [0.25, 0.3) is 0 Å². The molecule has 0 aliphatic carbocycles. The smallest absolute Gasteiger partial charge is 0.345 e. The third-order valence-corrected chi connectivity index (χ3v) is 6.56. The van der Waals surface area contributed by atoms with Gasteiger partial charge in [-0.2, -0.15) is 5.06 Å². The number of hydrogen-bond donors (Lipinski definition) is 4. The number of hydrogen-bond acceptors (Lipinski definition) is 8. The SMILES string of the molecule is O=C(NOC[C@@H]1C[C@H](N2CCC(O)CC2)CN1)C1CCC2CN1C(=O)N2OS. The molecule has 0 radical (unpaired) electrons. The first-order valence-electron chi connectivity index (χ1n) is 10.1. The molecular weight excluding hydrogens is 386 g/mol. The van der Waals surface area contributed by atoms with Gasteiger partial charge in [0.25, 0.3) is 5.91 Å². The van der Waals surface area contributed by atoms with Gasteiger partial charge in [0.15, 0.2) is 0 Å². The van der Waals surface area contributed by atoms with Crippen molar-refractivity contribution in [1.29, 1.82) is 0 Å². The summed E-state index contributed by atoms with van der Waals surface area (Å²) in [5, 5.41) is 14.3. The minimum atomic E-state index is -0.540. The van der Waals surface area contributed by atoms with Gasteiger partial charge in [-0.1, -0.05) is 0 Å². The van der Waals surface area contributed by atoms with Crippen molar-refractivity contribution in [2.24, 2.45) is 0 Å². The van der Waals surface area contributed by atoms with E-state index in [1.54, 1.807) is 0 Å². The molecule has 4 fully saturated rings. The lowest BCUT2D eigenvalue weighted by atomic mass is 10.0. The molecule has 0 aromatic carbocycles. The molecule has 4 aliphatic heterocycles. The summed E-state index contributed by atoms with van der Waals surface area (Å²) in [5.74, 6) is -0.299. The number of thiol groups is 1. The zero-order valence-corrected chi connectivity index (χ0v) is 16.7. The van der Waals surface area contributed by atoms with Gasteiger partial charge < -0.3 is 15.3 Å². The van der Waals surface area contributed by atoms with Crippen LogP contribution in [0, 0.1) is 0 Å². The lowest BCUT2D eigenvalue weighted by molar-refractivity contribution is -0.139. The van der Waals surface area contributed by atoms with E-state index in [0.29, 0.717) is 32.0 Å². The second-order valence-electron chi connectivity index (χ2n) is 8.13. The third-order valence-electron chi connectivity index (χ3n) is 6.38. The quantitative estimate of drug-likeness (QED) is 0.257. The molecule has 158 valence electrons. The van der Waals surface area contributed by atoms with Crippen LogP contribution in [0.3, 0.4) is 0 Å². The molecule has 2 bridgehead atoms. The number of amides is 3. The highest BCUT2D eigenvalue weighted by Gasteiger charge is 2.48. The largest absolute Gasteiger partial charge is 0.393 e. The monoisotopic (exact) mass is 415 g/mol. The van der Waals surface area contributed by atoms with Crippen molar-refractivity contribution in [2.45, 2.75) is 62.4 Å². The van der Waals surface area contributed by atoms with E-state index >= 15 is 0 Å². The molecule has 0 spiro atoms. The highest BCUT2D eigenvalue weighted by Crippen LogP contribution is 2.30. The fourth-order valence-corrected chi connectivity index (χ4v) is 4.95. The van der Waals surface area contributed by atoms with E-state index in [-0.39, 0.29) is 30.1 Å². The van der Waals surface area contributed by atoms with Crippen LogP contribution >= 0.6 is 12.9 Å². The van der Waals surface area contributed by atoms with E-state index in [2.05, 4.69) is 28.6 Å². The summed E-state index contributed by atoms with van der Waals surface area (Å²) in [6.07, 6.45) is 3.72. The summed E-state index contributed by atoms with van der Waals surface area (Å²) in [6.45, 7) is 3.60. The molecule has 0 aromatic heterocycles. The van der Waals surface area contributed by atoms with Crippen LogP contribution in [0.4, 0.5) is 4.79 Å². The average Bonchev–Trinajstić information content (AvgIpc) is 3.26. The van der Waals surface area contributed by atoms with Crippen LogP contribution in [0.5, 0.6) is 0 Å². The Kier molecular flexibility index (Phi) is 6.28. The van der Waals surface area contributed by atoms with Gasteiger partial charge >= 0.3 is 6.03 Å². The summed E-state index contributed by atoms with van der Waals surface area (Å²) in [6, 6.07) is -0.299. The Morgan fingerprint density at radius 1 is 1.25 bits per heavy atom. The fraction of sp³-hybridized carbons (Fsp3) is 0.882. The van der Waals surface area contributed by atoms with Crippen LogP contribution in [0.15, 0.2) is 0 Å². The Labute approximate surface area is 170 Å². The zero-order valence-electron chi connectivity index (χ0n) is 15.8. The first kappa shape index (κ1) is 20.2. The standard InChI is InChI=1S/C17H29N5O5S/c23-14-3-5-20(6-4-14)13-7-11(18-8-13)10-26-19-16(24)15-2-1-12-9-21(15)17(25)22(12)27-28/h11-15,18,23,28H,1-10H2,(H,19,24)/t11-,12?,13-,15?/m0/s1. The number of urea groups is 1. The Hall–Kier alpha value is -1.11. The van der Waals surface area contributed by atoms with Crippen LogP contribution in [-0.4, -0.2) is 95.0 Å². The molecule has 28 heavy (non-hydrogen) atoms. The third kappa shape index (κ3) is 4.10. The highest BCUT2D eigenvalue weighted by molar-refractivity contribution is 7.75. The Balaban J connectivity index is 1.19. The zero-order chi connectivity index (χ0) is 19.7. The maximum absolute atomic E-state index is 12.5. The highest BCUT2D eigenvalue weighted by atomic mass is 32.1. The molecule has 0 saturated carbocycles. The van der Waals surface area contributed by atoms with Gasteiger partial charge in [-0.25, -0.2) is 14.6 Å². The summed E-state index contributed by atoms with van der Waals surface area (Å²) >= 11 is 3.72. The van der Waals surface area contributed by atoms with E-state index < -0.39 is 6.04 Å². The van der Waals surface area contributed by atoms with Crippen LogP contribution in [0.2, 0.25) is 0 Å². The van der Waals surface area contributed by atoms with E-state index in [4.69, 9.17) is 9.12 Å². The number of fused-ring (bicyclic) bond motifs is 2. The van der Waals surface area contributed by atoms with E-state index in [1.807, 2.05) is 0 Å². The topological polar surface area (TPSA) is 107 Å². The molecule has 3 amide bonds. The minimum Gasteiger partial charge on any atom is -0.393 e. The summed E-state index contributed by atoms with van der Waals surface area (Å²) in [7, 11) is 0. The lowest BCUT2D eigenvalue weighted by Crippen LogP contribution is -2.50. The van der Waals surface area contributed by atoms with Gasteiger partial charge in [0.05, 0.1) is 18.8 Å². The molecule has 10 nitrogen and oxygen atoms in total. The Bertz CT molecular complexity index is 590. The lowest BCUT2D eigenvalue weighted by Gasteiger charge is -2.34. The number of rotatable bonds is 6. The molecule has 4 aliphatic rings. The van der Waals surface area contributed by atoms with Crippen LogP contribution in [-0.2, 0) is 13.9 Å². The number of hydroxylamine groups is 3. The van der Waals surface area contributed by atoms with Crippen molar-refractivity contribution >= 4 is 24.8 Å². The van der Waals surface area contributed by atoms with Crippen molar-refractivity contribution in [2.75, 3.05) is 32.8 Å². The van der Waals surface area contributed by atoms with Gasteiger partial charge in [-0.3, -0.25) is 14.5 Å². The fourth-order valence-electron chi connectivity index (χ4n) is 4.75. The Morgan fingerprint density at radius 2 is 2.04 bits per heavy atom. The molecule has 4 heterocycles. The predicted molar refractivity (Wildman–Crippen MR) is 102 cm³/mol. The number of nitrogens with one attached hydrogen (secondary N) is 2. The van der Waals surface area contributed by atoms with Gasteiger partial charge in [0, 0.05) is 51.2 Å². The summed E-state index contributed by atoms with van der Waals surface area (Å²) < 4.78 is 4.83. The number of nitrogens with zero attached hydrogens (tertiary/aromatic N) is 3. The number of piperidine rings is 2. The van der Waals surface area contributed by atoms with Gasteiger partial charge in [0.2, 0.25) is 0 Å². The molecule has 3 N–H and O–H groups in total. The number of likely N-dealkylation sites (tertiary alicyclic amines) is 1. The summed E-state index contributed by atoms with van der Waals surface area (Å²) in [4.78, 5) is 34.1. The minimum absolute atomic E-state index is 0.0505. The first-order valence-corrected chi connectivity index (χ1v) is 10.4. The normalized spacial score (nSPS) is 34.3. The van der Waals surface area contributed by atoms with Gasteiger partial charge in [0.1, 0.15) is 6.04 Å². The Morgan fingerprint density at radius 3 is 2.79 bits per heavy atom. The molecular formula is C17H29N5O5S. The molecule has 4 saturated heterocycles. The molecule has 4 atom stereocenters. The maximum atomic E-state index is 12.5. The van der Waals surface area contributed by atoms with Crippen molar-refractivity contribution in [1.82, 2.24) is 25.7 Å². The average molecular weight is 416 g/mol. The van der Waals surface area contributed by atoms with E-state index in [9.17, 15) is 14.7 Å². The second-order valence-corrected chi connectivity index (χ2v) is 8.29. The van der Waals surface area contributed by atoms with Gasteiger partial charge in [-0.15, -0.1) is 0 Å². The first-order chi connectivity index (χ1) is 13.6. The molecule has 0 aromatic rings. The van der Waals surface area contributed by atoms with Crippen LogP contribution in [0.1, 0.15) is 32.1 Å². The maximum Gasteiger partial charge on any atom is 0.345 e. The van der Waals surface area contributed by atoms with E-state index in [0.717, 1.165) is 38.9 Å². The van der Waals surface area contributed by atoms with Crippen molar-refractivity contribution < 1.29 is 23.8 Å². The molecule has 4 rings (SSSR count). The van der Waals surface area contributed by atoms with Crippen LogP contribution < -0.4 is 10.8 Å².